The Hall–Kier alpha value is -2.52. The van der Waals surface area contributed by atoms with E-state index in [1.807, 2.05) is 25.1 Å². The topological polar surface area (TPSA) is 85.6 Å². The minimum absolute atomic E-state index is 0.0918. The smallest absolute Gasteiger partial charge is 0.239 e. The quantitative estimate of drug-likeness (QED) is 0.463. The summed E-state index contributed by atoms with van der Waals surface area (Å²) in [4.78, 5) is 23.3. The van der Waals surface area contributed by atoms with E-state index in [1.54, 1.807) is 11.3 Å². The van der Waals surface area contributed by atoms with Crippen LogP contribution in [0.5, 0.6) is 0 Å². The Kier molecular flexibility index (Phi) is 5.16. The Bertz CT molecular complexity index is 1220. The fourth-order valence-electron chi connectivity index (χ4n) is 3.88. The van der Waals surface area contributed by atoms with Gasteiger partial charge in [0.15, 0.2) is 10.8 Å². The molecule has 154 valence electrons. The van der Waals surface area contributed by atoms with E-state index in [1.165, 1.54) is 29.5 Å². The number of nitrogens with one attached hydrogen (secondary N) is 1. The number of fused-ring (bicyclic) bond motifs is 4. The molecule has 1 aliphatic rings. The van der Waals surface area contributed by atoms with Crippen LogP contribution in [-0.2, 0) is 24.2 Å². The highest BCUT2D eigenvalue weighted by molar-refractivity contribution is 8.00. The molecule has 0 saturated heterocycles. The van der Waals surface area contributed by atoms with Gasteiger partial charge in [0.1, 0.15) is 5.52 Å². The molecule has 0 radical (unpaired) electrons. The second-order valence-corrected chi connectivity index (χ2v) is 9.76. The second-order valence-electron chi connectivity index (χ2n) is 7.37. The highest BCUT2D eigenvalue weighted by atomic mass is 32.2. The number of carbonyl (C=O) groups is 1. The number of hydrogen-bond donors (Lipinski definition) is 1. The van der Waals surface area contributed by atoms with Gasteiger partial charge < -0.3 is 9.88 Å². The number of aryl methyl sites for hydroxylation is 3. The molecule has 9 heteroatoms. The molecule has 4 aromatic rings. The number of nitrogens with zero attached hydrogens (tertiary/aromatic N) is 5. The maximum Gasteiger partial charge on any atom is 0.239 e. The van der Waals surface area contributed by atoms with Gasteiger partial charge in [0.25, 0.3) is 0 Å². The molecule has 1 aromatic carbocycles. The Balaban J connectivity index is 1.36. The van der Waals surface area contributed by atoms with Crippen molar-refractivity contribution in [2.24, 2.45) is 0 Å². The van der Waals surface area contributed by atoms with E-state index in [-0.39, 0.29) is 11.2 Å². The van der Waals surface area contributed by atoms with Gasteiger partial charge in [-0.3, -0.25) is 4.79 Å². The van der Waals surface area contributed by atoms with Gasteiger partial charge in [-0.25, -0.2) is 9.97 Å². The summed E-state index contributed by atoms with van der Waals surface area (Å²) < 4.78 is 2.13. The van der Waals surface area contributed by atoms with Gasteiger partial charge in [-0.15, -0.1) is 21.5 Å². The van der Waals surface area contributed by atoms with Crippen LogP contribution in [0.1, 0.15) is 37.3 Å². The number of benzene rings is 1. The standard InChI is InChI=1S/C21H22N6OS2/c1-3-27-15-10-6-4-8-13(15)17-18(27)23-21(26-25-17)29-12(2)19(28)24-20-22-14-9-5-7-11-16(14)30-20/h4,6,8,10,12H,3,5,7,9,11H2,1-2H3,(H,22,24,28)/t12-/m1/s1. The first-order valence-corrected chi connectivity index (χ1v) is 11.9. The molecular weight excluding hydrogens is 416 g/mol. The Morgan fingerprint density at radius 2 is 2.07 bits per heavy atom. The third-order valence-electron chi connectivity index (χ3n) is 5.40. The second kappa shape index (κ2) is 7.96. The molecule has 0 saturated carbocycles. The fourth-order valence-corrected chi connectivity index (χ4v) is 5.65. The van der Waals surface area contributed by atoms with Crippen LogP contribution in [-0.4, -0.2) is 35.9 Å². The van der Waals surface area contributed by atoms with Gasteiger partial charge in [-0.05, 0) is 45.6 Å². The first-order chi connectivity index (χ1) is 14.6. The summed E-state index contributed by atoms with van der Waals surface area (Å²) in [5, 5.41) is 13.6. The molecule has 30 heavy (non-hydrogen) atoms. The van der Waals surface area contributed by atoms with Crippen molar-refractivity contribution in [2.75, 3.05) is 5.32 Å². The van der Waals surface area contributed by atoms with Gasteiger partial charge in [-0.1, -0.05) is 30.0 Å². The molecule has 0 bridgehead atoms. The van der Waals surface area contributed by atoms with E-state index in [9.17, 15) is 4.79 Å². The van der Waals surface area contributed by atoms with Crippen LogP contribution < -0.4 is 5.32 Å². The lowest BCUT2D eigenvalue weighted by Crippen LogP contribution is -2.22. The van der Waals surface area contributed by atoms with Crippen molar-refractivity contribution in [3.8, 4) is 0 Å². The van der Waals surface area contributed by atoms with Crippen molar-refractivity contribution in [1.82, 2.24) is 24.7 Å². The van der Waals surface area contributed by atoms with E-state index in [0.29, 0.717) is 10.3 Å². The summed E-state index contributed by atoms with van der Waals surface area (Å²) in [5.41, 5.74) is 3.84. The van der Waals surface area contributed by atoms with Crippen molar-refractivity contribution in [3.63, 3.8) is 0 Å². The largest absolute Gasteiger partial charge is 0.324 e. The van der Waals surface area contributed by atoms with Gasteiger partial charge in [-0.2, -0.15) is 0 Å². The van der Waals surface area contributed by atoms with Crippen LogP contribution in [0.25, 0.3) is 22.1 Å². The fraction of sp³-hybridized carbons (Fsp3) is 0.381. The van der Waals surface area contributed by atoms with Crippen LogP contribution >= 0.6 is 23.1 Å². The summed E-state index contributed by atoms with van der Waals surface area (Å²) in [6, 6.07) is 8.11. The van der Waals surface area contributed by atoms with Gasteiger partial charge in [0.05, 0.1) is 16.5 Å². The predicted molar refractivity (Wildman–Crippen MR) is 121 cm³/mol. The van der Waals surface area contributed by atoms with Crippen LogP contribution in [0, 0.1) is 0 Å². The molecule has 1 aliphatic carbocycles. The zero-order chi connectivity index (χ0) is 20.7. The zero-order valence-electron chi connectivity index (χ0n) is 16.9. The number of para-hydroxylation sites is 1. The first kappa shape index (κ1) is 19.4. The SMILES string of the molecule is CCn1c2ccccc2c2nnc(S[C@H](C)C(=O)Nc3nc4c(s3)CCCC4)nc21. The molecule has 0 spiro atoms. The van der Waals surface area contributed by atoms with Crippen LogP contribution in [0.2, 0.25) is 0 Å². The molecule has 1 N–H and O–H groups in total. The first-order valence-electron chi connectivity index (χ1n) is 10.2. The number of hydrogen-bond acceptors (Lipinski definition) is 7. The van der Waals surface area contributed by atoms with Crippen molar-refractivity contribution in [3.05, 3.63) is 34.8 Å². The van der Waals surface area contributed by atoms with Crippen molar-refractivity contribution in [1.29, 1.82) is 0 Å². The highest BCUT2D eigenvalue weighted by Crippen LogP contribution is 2.31. The Morgan fingerprint density at radius 3 is 2.90 bits per heavy atom. The van der Waals surface area contributed by atoms with E-state index < -0.39 is 0 Å². The van der Waals surface area contributed by atoms with Gasteiger partial charge in [0, 0.05) is 16.8 Å². The van der Waals surface area contributed by atoms with Crippen LogP contribution in [0.3, 0.4) is 0 Å². The molecule has 1 amide bonds. The number of anilines is 1. The minimum Gasteiger partial charge on any atom is -0.324 e. The molecular formula is C21H22N6OS2. The van der Waals surface area contributed by atoms with Crippen molar-refractivity contribution < 1.29 is 4.79 Å². The summed E-state index contributed by atoms with van der Waals surface area (Å²) in [7, 11) is 0. The number of amides is 1. The summed E-state index contributed by atoms with van der Waals surface area (Å²) in [6.07, 6.45) is 4.46. The molecule has 3 heterocycles. The number of rotatable bonds is 5. The van der Waals surface area contributed by atoms with E-state index in [2.05, 4.69) is 38.1 Å². The van der Waals surface area contributed by atoms with Crippen LogP contribution in [0.15, 0.2) is 29.4 Å². The number of thioether (sulfide) groups is 1. The maximum atomic E-state index is 12.7. The van der Waals surface area contributed by atoms with E-state index in [4.69, 9.17) is 4.98 Å². The molecule has 0 fully saturated rings. The number of carbonyl (C=O) groups excluding carboxylic acids is 1. The number of thiazole rings is 1. The average molecular weight is 439 g/mol. The third-order valence-corrected chi connectivity index (χ3v) is 7.42. The lowest BCUT2D eigenvalue weighted by atomic mass is 10.0. The number of aromatic nitrogens is 5. The lowest BCUT2D eigenvalue weighted by molar-refractivity contribution is -0.115. The van der Waals surface area contributed by atoms with Gasteiger partial charge in [0.2, 0.25) is 11.1 Å². The minimum atomic E-state index is -0.357. The zero-order valence-corrected chi connectivity index (χ0v) is 18.5. The molecule has 5 rings (SSSR count). The Labute approximate surface area is 182 Å². The van der Waals surface area contributed by atoms with E-state index in [0.717, 1.165) is 47.1 Å². The predicted octanol–water partition coefficient (Wildman–Crippen LogP) is 4.45. The normalized spacial score (nSPS) is 14.7. The lowest BCUT2D eigenvalue weighted by Gasteiger charge is -2.09. The molecule has 0 unspecified atom stereocenters. The molecule has 0 aliphatic heterocycles. The van der Waals surface area contributed by atoms with Crippen LogP contribution in [0.4, 0.5) is 5.13 Å². The summed E-state index contributed by atoms with van der Waals surface area (Å²) >= 11 is 2.91. The van der Waals surface area contributed by atoms with Gasteiger partial charge >= 0.3 is 0 Å². The third kappa shape index (κ3) is 3.45. The average Bonchev–Trinajstić information content (AvgIpc) is 3.31. The van der Waals surface area contributed by atoms with E-state index >= 15 is 0 Å². The Morgan fingerprint density at radius 1 is 1.23 bits per heavy atom. The monoisotopic (exact) mass is 438 g/mol. The highest BCUT2D eigenvalue weighted by Gasteiger charge is 2.21. The van der Waals surface area contributed by atoms with Crippen molar-refractivity contribution >= 4 is 56.2 Å². The summed E-state index contributed by atoms with van der Waals surface area (Å²) in [6.45, 7) is 4.73. The summed E-state index contributed by atoms with van der Waals surface area (Å²) in [5.74, 6) is -0.0918. The maximum absolute atomic E-state index is 12.7. The molecule has 1 atom stereocenters. The molecule has 7 nitrogen and oxygen atoms in total. The molecule has 3 aromatic heterocycles. The van der Waals surface area contributed by atoms with Crippen molar-refractivity contribution in [2.45, 2.75) is 56.5 Å².